The van der Waals surface area contributed by atoms with Crippen LogP contribution in [0.15, 0.2) is 59.8 Å². The topological polar surface area (TPSA) is 88.0 Å². The van der Waals surface area contributed by atoms with Crippen molar-refractivity contribution >= 4 is 17.5 Å². The molecule has 1 atom stereocenters. The molecule has 0 spiro atoms. The molecule has 0 amide bonds. The van der Waals surface area contributed by atoms with E-state index in [0.29, 0.717) is 33.5 Å². The Kier molecular flexibility index (Phi) is 7.39. The number of ether oxygens (including phenoxy) is 1. The van der Waals surface area contributed by atoms with Crippen LogP contribution >= 0.6 is 11.8 Å². The molecule has 2 heterocycles. The Morgan fingerprint density at radius 3 is 2.47 bits per heavy atom. The molecule has 7 nitrogen and oxygen atoms in total. The minimum atomic E-state index is -2.90. The highest BCUT2D eigenvalue weighted by atomic mass is 32.2. The van der Waals surface area contributed by atoms with Crippen molar-refractivity contribution in [3.63, 3.8) is 0 Å². The van der Waals surface area contributed by atoms with Gasteiger partial charge in [-0.3, -0.25) is 4.79 Å². The highest BCUT2D eigenvalue weighted by molar-refractivity contribution is 8.00. The van der Waals surface area contributed by atoms with Gasteiger partial charge in [0.2, 0.25) is 5.16 Å². The summed E-state index contributed by atoms with van der Waals surface area (Å²) >= 11 is 1.16. The van der Waals surface area contributed by atoms with Crippen molar-refractivity contribution in [2.45, 2.75) is 44.2 Å². The number of nitrogen functional groups attached to an aromatic ring is 1. The first kappa shape index (κ1) is 25.4. The molecule has 4 aromatic rings. The van der Waals surface area contributed by atoms with Gasteiger partial charge < -0.3 is 15.1 Å². The Balaban J connectivity index is 1.51. The number of aromatic nitrogens is 4. The molecular formula is C25H24F3N5O2S. The Labute approximate surface area is 210 Å². The van der Waals surface area contributed by atoms with Crippen molar-refractivity contribution in [2.24, 2.45) is 0 Å². The summed E-state index contributed by atoms with van der Waals surface area (Å²) in [6.07, 6.45) is 0.168. The number of halogens is 3. The van der Waals surface area contributed by atoms with E-state index < -0.39 is 11.9 Å². The molecule has 2 aromatic carbocycles. The molecule has 0 saturated heterocycles. The molecule has 0 aliphatic rings. The number of aryl methyl sites for hydroxylation is 1. The number of thioether (sulfide) groups is 1. The summed E-state index contributed by atoms with van der Waals surface area (Å²) in [6.45, 7) is 2.53. The third-order valence-electron chi connectivity index (χ3n) is 5.71. The van der Waals surface area contributed by atoms with Crippen molar-refractivity contribution in [3.05, 3.63) is 88.8 Å². The molecule has 36 heavy (non-hydrogen) atoms. The molecule has 11 heteroatoms. The van der Waals surface area contributed by atoms with E-state index in [9.17, 15) is 18.0 Å². The van der Waals surface area contributed by atoms with Gasteiger partial charge in [-0.05, 0) is 62.7 Å². The minimum Gasteiger partial charge on any atom is -0.435 e. The lowest BCUT2D eigenvalue weighted by atomic mass is 10.1. The number of benzene rings is 2. The third-order valence-corrected chi connectivity index (χ3v) is 6.77. The molecule has 0 aliphatic carbocycles. The Morgan fingerprint density at radius 1 is 1.11 bits per heavy atom. The number of hydrogen-bond acceptors (Lipinski definition) is 6. The van der Waals surface area contributed by atoms with Crippen LogP contribution < -0.4 is 10.6 Å². The van der Waals surface area contributed by atoms with Gasteiger partial charge in [-0.1, -0.05) is 30.0 Å². The van der Waals surface area contributed by atoms with E-state index in [1.54, 1.807) is 43.3 Å². The van der Waals surface area contributed by atoms with Gasteiger partial charge in [0.1, 0.15) is 11.6 Å². The molecule has 0 bridgehead atoms. The monoisotopic (exact) mass is 515 g/mol. The molecule has 0 fully saturated rings. The first-order chi connectivity index (χ1) is 17.2. The molecule has 4 rings (SSSR count). The van der Waals surface area contributed by atoms with E-state index in [2.05, 4.69) is 14.9 Å². The van der Waals surface area contributed by atoms with Gasteiger partial charge in [-0.15, -0.1) is 10.2 Å². The quantitative estimate of drug-likeness (QED) is 0.190. The van der Waals surface area contributed by atoms with Gasteiger partial charge in [0.25, 0.3) is 0 Å². The molecule has 0 radical (unpaired) electrons. The molecule has 188 valence electrons. The average molecular weight is 516 g/mol. The van der Waals surface area contributed by atoms with E-state index in [1.807, 2.05) is 18.4 Å². The van der Waals surface area contributed by atoms with Gasteiger partial charge in [0.15, 0.2) is 11.6 Å². The molecule has 0 saturated carbocycles. The van der Waals surface area contributed by atoms with Gasteiger partial charge in [-0.25, -0.2) is 9.07 Å². The van der Waals surface area contributed by atoms with E-state index in [4.69, 9.17) is 5.84 Å². The summed E-state index contributed by atoms with van der Waals surface area (Å²) in [7, 11) is 0. The van der Waals surface area contributed by atoms with Crippen LogP contribution in [0.5, 0.6) is 5.75 Å². The van der Waals surface area contributed by atoms with Crippen LogP contribution in [0.25, 0.3) is 5.69 Å². The maximum atomic E-state index is 14.0. The van der Waals surface area contributed by atoms with Crippen LogP contribution in [-0.4, -0.2) is 37.1 Å². The van der Waals surface area contributed by atoms with E-state index >= 15 is 0 Å². The van der Waals surface area contributed by atoms with Crippen LogP contribution in [0.4, 0.5) is 13.2 Å². The maximum absolute atomic E-state index is 14.0. The number of Topliss-reactive ketones (excluding diaryl/α,β-unsaturated/α-hetero) is 1. The van der Waals surface area contributed by atoms with Crippen LogP contribution in [0.3, 0.4) is 0 Å². The number of carbonyl (C=O) groups is 1. The molecular weight excluding hydrogens is 491 g/mol. The van der Waals surface area contributed by atoms with Gasteiger partial charge in [0.05, 0.1) is 5.25 Å². The average Bonchev–Trinajstić information content (AvgIpc) is 3.33. The Hall–Kier alpha value is -3.73. The zero-order chi connectivity index (χ0) is 26.0. The smallest absolute Gasteiger partial charge is 0.387 e. The predicted molar refractivity (Wildman–Crippen MR) is 131 cm³/mol. The normalized spacial score (nSPS) is 12.2. The number of hydrogen-bond donors (Lipinski definition) is 1. The van der Waals surface area contributed by atoms with Crippen LogP contribution in [-0.2, 0) is 6.42 Å². The summed E-state index contributed by atoms with van der Waals surface area (Å²) in [4.78, 5) is 13.3. The van der Waals surface area contributed by atoms with Crippen molar-refractivity contribution < 1.29 is 22.7 Å². The number of nitrogens with zero attached hydrogens (tertiary/aromatic N) is 4. The number of rotatable bonds is 9. The van der Waals surface area contributed by atoms with Crippen LogP contribution in [0, 0.1) is 19.7 Å². The minimum absolute atomic E-state index is 0.0535. The highest BCUT2D eigenvalue weighted by Crippen LogP contribution is 2.29. The molecule has 0 unspecified atom stereocenters. The zero-order valence-electron chi connectivity index (χ0n) is 19.8. The van der Waals surface area contributed by atoms with Gasteiger partial charge in [0, 0.05) is 29.1 Å². The van der Waals surface area contributed by atoms with Crippen molar-refractivity contribution in [2.75, 3.05) is 5.84 Å². The van der Waals surface area contributed by atoms with E-state index in [1.165, 1.54) is 22.9 Å². The third kappa shape index (κ3) is 5.25. The second kappa shape index (κ2) is 10.5. The number of alkyl halides is 2. The van der Waals surface area contributed by atoms with Crippen molar-refractivity contribution in [3.8, 4) is 11.4 Å². The van der Waals surface area contributed by atoms with Crippen LogP contribution in [0.1, 0.15) is 40.1 Å². The van der Waals surface area contributed by atoms with E-state index in [-0.39, 0.29) is 23.8 Å². The number of carbonyl (C=O) groups excluding carboxylic acids is 1. The summed E-state index contributed by atoms with van der Waals surface area (Å²) in [5.74, 6) is 6.08. The van der Waals surface area contributed by atoms with Gasteiger partial charge in [-0.2, -0.15) is 8.78 Å². The van der Waals surface area contributed by atoms with Gasteiger partial charge >= 0.3 is 6.61 Å². The summed E-state index contributed by atoms with van der Waals surface area (Å²) in [5, 5.41) is 7.96. The lowest BCUT2D eigenvalue weighted by Crippen LogP contribution is -2.19. The standard InChI is InChI=1S/C25H24F3N5O2S/c1-14-12-20(15(2)32(14)18-8-10-19(11-9-18)35-24(27)28)23(34)16(3)36-25-31-30-22(33(25)29)13-17-6-4-5-7-21(17)26/h4-12,16,24H,13,29H2,1-3H3/t16-/m0/s1. The fourth-order valence-corrected chi connectivity index (χ4v) is 4.79. The first-order valence-corrected chi connectivity index (χ1v) is 11.9. The second-order valence-electron chi connectivity index (χ2n) is 8.15. The lowest BCUT2D eigenvalue weighted by molar-refractivity contribution is -0.0498. The fourth-order valence-electron chi connectivity index (χ4n) is 3.94. The SMILES string of the molecule is Cc1cc(C(=O)[C@H](C)Sc2nnc(Cc3ccccc3F)n2N)c(C)n1-c1ccc(OC(F)F)cc1. The summed E-state index contributed by atoms with van der Waals surface area (Å²) in [5.41, 5.74) is 3.20. The van der Waals surface area contributed by atoms with Crippen LogP contribution in [0.2, 0.25) is 0 Å². The maximum Gasteiger partial charge on any atom is 0.387 e. The largest absolute Gasteiger partial charge is 0.435 e. The van der Waals surface area contributed by atoms with Crippen molar-refractivity contribution in [1.29, 1.82) is 0 Å². The molecule has 2 aromatic heterocycles. The molecule has 2 N–H and O–H groups in total. The number of ketones is 1. The zero-order valence-corrected chi connectivity index (χ0v) is 20.6. The second-order valence-corrected chi connectivity index (χ2v) is 9.46. The lowest BCUT2D eigenvalue weighted by Gasteiger charge is -2.13. The summed E-state index contributed by atoms with van der Waals surface area (Å²) < 4.78 is 46.4. The molecule has 0 aliphatic heterocycles. The predicted octanol–water partition coefficient (Wildman–Crippen LogP) is 5.09. The summed E-state index contributed by atoms with van der Waals surface area (Å²) in [6, 6.07) is 14.3. The first-order valence-electron chi connectivity index (χ1n) is 11.0. The van der Waals surface area contributed by atoms with Crippen molar-refractivity contribution in [1.82, 2.24) is 19.4 Å². The Morgan fingerprint density at radius 2 is 1.81 bits per heavy atom. The fraction of sp³-hybridized carbons (Fsp3) is 0.240. The Bertz CT molecular complexity index is 1390. The number of nitrogens with two attached hydrogens (primary N) is 1. The van der Waals surface area contributed by atoms with E-state index in [0.717, 1.165) is 17.5 Å². The highest BCUT2D eigenvalue weighted by Gasteiger charge is 2.25.